The van der Waals surface area contributed by atoms with Crippen LogP contribution < -0.4 is 16.4 Å². The van der Waals surface area contributed by atoms with Crippen LogP contribution in [0.4, 0.5) is 0 Å². The zero-order valence-electron chi connectivity index (χ0n) is 16.0. The topological polar surface area (TPSA) is 162 Å². The number of amides is 3. The van der Waals surface area contributed by atoms with Crippen molar-refractivity contribution in [2.45, 2.75) is 64.2 Å². The minimum absolute atomic E-state index is 0.234. The number of carboxylic acid groups (broad SMARTS) is 1. The van der Waals surface area contributed by atoms with Gasteiger partial charge < -0.3 is 31.5 Å². The van der Waals surface area contributed by atoms with Crippen LogP contribution in [0.3, 0.4) is 0 Å². The van der Waals surface area contributed by atoms with E-state index >= 15 is 0 Å². The molecule has 0 saturated carbocycles. The highest BCUT2D eigenvalue weighted by Gasteiger charge is 2.37. The van der Waals surface area contributed by atoms with Crippen LogP contribution in [0.2, 0.25) is 0 Å². The van der Waals surface area contributed by atoms with Crippen LogP contribution in [0.1, 0.15) is 40.0 Å². The first-order valence-electron chi connectivity index (χ1n) is 9.08. The molecule has 10 nitrogen and oxygen atoms in total. The second-order valence-corrected chi connectivity index (χ2v) is 7.24. The minimum Gasteiger partial charge on any atom is -0.480 e. The Morgan fingerprint density at radius 1 is 1.19 bits per heavy atom. The number of hydrogen-bond donors (Lipinski definition) is 5. The van der Waals surface area contributed by atoms with Gasteiger partial charge in [-0.25, -0.2) is 0 Å². The Labute approximate surface area is 158 Å². The second kappa shape index (κ2) is 10.2. The van der Waals surface area contributed by atoms with E-state index in [2.05, 4.69) is 10.6 Å². The Kier molecular flexibility index (Phi) is 8.64. The first-order chi connectivity index (χ1) is 12.6. The van der Waals surface area contributed by atoms with Crippen LogP contribution in [-0.4, -0.2) is 76.1 Å². The average Bonchev–Trinajstić information content (AvgIpc) is 3.07. The fourth-order valence-electron chi connectivity index (χ4n) is 2.96. The summed E-state index contributed by atoms with van der Waals surface area (Å²) in [7, 11) is 0. The summed E-state index contributed by atoms with van der Waals surface area (Å²) in [6.45, 7) is 4.87. The summed E-state index contributed by atoms with van der Waals surface area (Å²) in [6, 6.07) is -3.94. The first kappa shape index (κ1) is 22.8. The van der Waals surface area contributed by atoms with Gasteiger partial charge in [-0.2, -0.15) is 0 Å². The fourth-order valence-corrected chi connectivity index (χ4v) is 2.96. The molecule has 4 atom stereocenters. The molecule has 154 valence electrons. The Hall–Kier alpha value is -2.20. The number of carbonyl (C=O) groups excluding carboxylic acids is 3. The molecule has 1 aliphatic heterocycles. The molecular formula is C17H30N4O6. The van der Waals surface area contributed by atoms with Crippen LogP contribution in [-0.2, 0) is 19.2 Å². The normalized spacial score (nSPS) is 20.1. The number of nitrogens with two attached hydrogens (primary N) is 1. The number of aliphatic carboxylic acids is 1. The molecule has 27 heavy (non-hydrogen) atoms. The molecule has 0 aromatic heterocycles. The highest BCUT2D eigenvalue weighted by Crippen LogP contribution is 2.20. The smallest absolute Gasteiger partial charge is 0.325 e. The molecule has 4 unspecified atom stereocenters. The number of hydrogen-bond acceptors (Lipinski definition) is 6. The van der Waals surface area contributed by atoms with Crippen molar-refractivity contribution in [2.75, 3.05) is 13.2 Å². The molecule has 0 aromatic rings. The van der Waals surface area contributed by atoms with Crippen LogP contribution in [0.15, 0.2) is 0 Å². The SMILES string of the molecule is CC(C)CC(N)C(=O)N1CCCC1C(=O)NC(CO)C(=O)NC(C)C(=O)O. The molecule has 1 rings (SSSR count). The van der Waals surface area contributed by atoms with Crippen molar-refractivity contribution in [3.05, 3.63) is 0 Å². The van der Waals surface area contributed by atoms with Crippen molar-refractivity contribution in [3.8, 4) is 0 Å². The quantitative estimate of drug-likeness (QED) is 0.319. The predicted octanol–water partition coefficient (Wildman–Crippen LogP) is -1.58. The van der Waals surface area contributed by atoms with Gasteiger partial charge in [0, 0.05) is 6.54 Å². The number of rotatable bonds is 9. The minimum atomic E-state index is -1.30. The summed E-state index contributed by atoms with van der Waals surface area (Å²) < 4.78 is 0. The van der Waals surface area contributed by atoms with E-state index in [1.54, 1.807) is 0 Å². The Bertz CT molecular complexity index is 568. The van der Waals surface area contributed by atoms with Crippen molar-refractivity contribution in [3.63, 3.8) is 0 Å². The van der Waals surface area contributed by atoms with Gasteiger partial charge in [0.25, 0.3) is 0 Å². The Morgan fingerprint density at radius 3 is 2.33 bits per heavy atom. The zero-order chi connectivity index (χ0) is 20.7. The molecule has 1 saturated heterocycles. The number of carboxylic acids is 1. The van der Waals surface area contributed by atoms with Gasteiger partial charge in [0.1, 0.15) is 18.1 Å². The number of likely N-dealkylation sites (tertiary alicyclic amines) is 1. The summed E-state index contributed by atoms with van der Waals surface area (Å²) in [5.74, 6) is -2.70. The van der Waals surface area contributed by atoms with Crippen LogP contribution in [0.5, 0.6) is 0 Å². The molecule has 3 amide bonds. The van der Waals surface area contributed by atoms with E-state index in [1.807, 2.05) is 13.8 Å². The molecule has 1 aliphatic rings. The zero-order valence-corrected chi connectivity index (χ0v) is 16.0. The predicted molar refractivity (Wildman–Crippen MR) is 96.4 cm³/mol. The number of aliphatic hydroxyl groups is 1. The second-order valence-electron chi connectivity index (χ2n) is 7.24. The standard InChI is InChI=1S/C17H30N4O6/c1-9(2)7-11(18)16(25)21-6-4-5-13(21)15(24)20-12(8-22)14(23)19-10(3)17(26)27/h9-13,22H,4-8,18H2,1-3H3,(H,19,23)(H,20,24)(H,26,27). The molecule has 0 radical (unpaired) electrons. The maximum absolute atomic E-state index is 12.5. The van der Waals surface area contributed by atoms with Gasteiger partial charge in [-0.3, -0.25) is 19.2 Å². The number of nitrogens with zero attached hydrogens (tertiary/aromatic N) is 1. The van der Waals surface area contributed by atoms with Gasteiger partial charge in [0.15, 0.2) is 0 Å². The summed E-state index contributed by atoms with van der Waals surface area (Å²) in [5.41, 5.74) is 5.94. The van der Waals surface area contributed by atoms with Crippen molar-refractivity contribution >= 4 is 23.7 Å². The highest BCUT2D eigenvalue weighted by atomic mass is 16.4. The summed E-state index contributed by atoms with van der Waals surface area (Å²) in [6.07, 6.45) is 1.56. The first-order valence-corrected chi connectivity index (χ1v) is 9.08. The van der Waals surface area contributed by atoms with Gasteiger partial charge in [-0.15, -0.1) is 0 Å². The number of aliphatic hydroxyl groups excluding tert-OH is 1. The third-order valence-corrected chi connectivity index (χ3v) is 4.43. The lowest BCUT2D eigenvalue weighted by atomic mass is 10.0. The van der Waals surface area contributed by atoms with Crippen molar-refractivity contribution in [1.82, 2.24) is 15.5 Å². The van der Waals surface area contributed by atoms with E-state index in [9.17, 15) is 24.3 Å². The molecule has 6 N–H and O–H groups in total. The lowest BCUT2D eigenvalue weighted by molar-refractivity contribution is -0.143. The van der Waals surface area contributed by atoms with Crippen molar-refractivity contribution < 1.29 is 29.4 Å². The third kappa shape index (κ3) is 6.47. The summed E-state index contributed by atoms with van der Waals surface area (Å²) in [4.78, 5) is 49.3. The molecule has 0 spiro atoms. The molecule has 1 fully saturated rings. The van der Waals surface area contributed by atoms with Gasteiger partial charge >= 0.3 is 5.97 Å². The van der Waals surface area contributed by atoms with Crippen LogP contribution >= 0.6 is 0 Å². The molecule has 10 heteroatoms. The number of nitrogens with one attached hydrogen (secondary N) is 2. The van der Waals surface area contributed by atoms with Crippen molar-refractivity contribution in [2.24, 2.45) is 11.7 Å². The largest absolute Gasteiger partial charge is 0.480 e. The van der Waals surface area contributed by atoms with E-state index in [0.29, 0.717) is 25.8 Å². The summed E-state index contributed by atoms with van der Waals surface area (Å²) in [5, 5.41) is 22.8. The number of carbonyl (C=O) groups is 4. The van der Waals surface area contributed by atoms with Gasteiger partial charge in [-0.05, 0) is 32.1 Å². The third-order valence-electron chi connectivity index (χ3n) is 4.43. The fraction of sp³-hybridized carbons (Fsp3) is 0.765. The molecule has 0 aromatic carbocycles. The van der Waals surface area contributed by atoms with E-state index < -0.39 is 48.6 Å². The monoisotopic (exact) mass is 386 g/mol. The lowest BCUT2D eigenvalue weighted by Crippen LogP contribution is -2.57. The molecular weight excluding hydrogens is 356 g/mol. The average molecular weight is 386 g/mol. The van der Waals surface area contributed by atoms with E-state index in [-0.39, 0.29) is 11.8 Å². The molecule has 0 bridgehead atoms. The lowest BCUT2D eigenvalue weighted by Gasteiger charge is -2.28. The van der Waals surface area contributed by atoms with E-state index in [4.69, 9.17) is 10.8 Å². The van der Waals surface area contributed by atoms with Crippen LogP contribution in [0, 0.1) is 5.92 Å². The Balaban J connectivity index is 2.74. The van der Waals surface area contributed by atoms with Crippen molar-refractivity contribution in [1.29, 1.82) is 0 Å². The van der Waals surface area contributed by atoms with Gasteiger partial charge in [0.2, 0.25) is 17.7 Å². The highest BCUT2D eigenvalue weighted by molar-refractivity contribution is 5.94. The van der Waals surface area contributed by atoms with E-state index in [0.717, 1.165) is 0 Å². The van der Waals surface area contributed by atoms with Gasteiger partial charge in [-0.1, -0.05) is 13.8 Å². The maximum Gasteiger partial charge on any atom is 0.325 e. The molecule has 0 aliphatic carbocycles. The van der Waals surface area contributed by atoms with Gasteiger partial charge in [0.05, 0.1) is 12.6 Å². The van der Waals surface area contributed by atoms with E-state index in [1.165, 1.54) is 11.8 Å². The maximum atomic E-state index is 12.5. The Morgan fingerprint density at radius 2 is 1.81 bits per heavy atom. The summed E-state index contributed by atoms with van der Waals surface area (Å²) >= 11 is 0. The van der Waals surface area contributed by atoms with Crippen LogP contribution in [0.25, 0.3) is 0 Å². The molecule has 1 heterocycles.